The van der Waals surface area contributed by atoms with E-state index < -0.39 is 0 Å². The number of methoxy groups -OCH3 is 1. The average molecular weight is 282 g/mol. The molecule has 0 aromatic carbocycles. The molecule has 1 saturated carbocycles. The number of rotatable bonds is 5. The monoisotopic (exact) mass is 282 g/mol. The fourth-order valence-electron chi connectivity index (χ4n) is 2.52. The van der Waals surface area contributed by atoms with Crippen molar-refractivity contribution >= 4 is 23.4 Å². The molecule has 0 radical (unpaired) electrons. The third-order valence-corrected chi connectivity index (χ3v) is 4.57. The highest BCUT2D eigenvalue weighted by Crippen LogP contribution is 2.29. The summed E-state index contributed by atoms with van der Waals surface area (Å²) in [4.78, 5) is 8.60. The van der Waals surface area contributed by atoms with Crippen molar-refractivity contribution in [2.45, 2.75) is 43.6 Å². The first-order valence-corrected chi connectivity index (χ1v) is 7.93. The Kier molecular flexibility index (Phi) is 5.27. The average Bonchev–Trinajstić information content (AvgIpc) is 2.39. The van der Waals surface area contributed by atoms with Crippen LogP contribution < -0.4 is 11.1 Å². The summed E-state index contributed by atoms with van der Waals surface area (Å²) < 4.78 is 5.06. The summed E-state index contributed by atoms with van der Waals surface area (Å²) in [6.45, 7) is 0.385. The fraction of sp³-hybridized carbons (Fsp3) is 0.692. The zero-order chi connectivity index (χ0) is 13.7. The topological polar surface area (TPSA) is 73.1 Å². The summed E-state index contributed by atoms with van der Waals surface area (Å²) in [5, 5.41) is 4.16. The standard InChI is InChI=1S/C13H22N4OS/c1-18-8-13-16-11(14)7-12(17-13)15-9-5-3-4-6-10(9)19-2/h7,9-10H,3-6,8H2,1-2H3,(H3,14,15,16,17). The number of nitrogens with two attached hydrogens (primary N) is 1. The predicted molar refractivity (Wildman–Crippen MR) is 80.3 cm³/mol. The van der Waals surface area contributed by atoms with Crippen LogP contribution in [-0.4, -0.2) is 34.6 Å². The number of ether oxygens (including phenoxy) is 1. The lowest BCUT2D eigenvalue weighted by atomic mass is 9.95. The molecule has 1 aliphatic rings. The smallest absolute Gasteiger partial charge is 0.158 e. The van der Waals surface area contributed by atoms with Crippen LogP contribution in [0.2, 0.25) is 0 Å². The number of anilines is 2. The molecule has 19 heavy (non-hydrogen) atoms. The van der Waals surface area contributed by atoms with Gasteiger partial charge in [-0.15, -0.1) is 0 Å². The molecule has 3 N–H and O–H groups in total. The van der Waals surface area contributed by atoms with Crippen molar-refractivity contribution in [3.63, 3.8) is 0 Å². The van der Waals surface area contributed by atoms with Crippen molar-refractivity contribution in [1.29, 1.82) is 0 Å². The van der Waals surface area contributed by atoms with Crippen LogP contribution in [0.25, 0.3) is 0 Å². The highest BCUT2D eigenvalue weighted by molar-refractivity contribution is 7.99. The molecule has 2 unspecified atom stereocenters. The highest BCUT2D eigenvalue weighted by Gasteiger charge is 2.24. The summed E-state index contributed by atoms with van der Waals surface area (Å²) >= 11 is 1.93. The van der Waals surface area contributed by atoms with E-state index in [1.807, 2.05) is 11.8 Å². The van der Waals surface area contributed by atoms with E-state index in [0.717, 1.165) is 5.82 Å². The minimum atomic E-state index is 0.385. The van der Waals surface area contributed by atoms with E-state index in [4.69, 9.17) is 10.5 Å². The molecule has 5 nitrogen and oxygen atoms in total. The van der Waals surface area contributed by atoms with Crippen LogP contribution in [0.15, 0.2) is 6.07 Å². The number of hydrogen-bond acceptors (Lipinski definition) is 6. The summed E-state index contributed by atoms with van der Waals surface area (Å²) in [6.07, 6.45) is 7.24. The Morgan fingerprint density at radius 2 is 2.21 bits per heavy atom. The van der Waals surface area contributed by atoms with Gasteiger partial charge in [0.1, 0.15) is 18.2 Å². The molecule has 1 aliphatic carbocycles. The van der Waals surface area contributed by atoms with E-state index >= 15 is 0 Å². The molecule has 106 valence electrons. The van der Waals surface area contributed by atoms with Crippen LogP contribution in [-0.2, 0) is 11.3 Å². The maximum atomic E-state index is 5.81. The maximum absolute atomic E-state index is 5.81. The molecule has 0 saturated heterocycles. The predicted octanol–water partition coefficient (Wildman–Crippen LogP) is 2.29. The van der Waals surface area contributed by atoms with Gasteiger partial charge in [-0.3, -0.25) is 0 Å². The number of nitrogens with one attached hydrogen (secondary N) is 1. The lowest BCUT2D eigenvalue weighted by molar-refractivity contribution is 0.178. The van der Waals surface area contributed by atoms with Crippen molar-refractivity contribution in [3.8, 4) is 0 Å². The minimum absolute atomic E-state index is 0.385. The molecule has 6 heteroatoms. The van der Waals surface area contributed by atoms with Gasteiger partial charge in [-0.2, -0.15) is 11.8 Å². The van der Waals surface area contributed by atoms with Crippen molar-refractivity contribution in [2.24, 2.45) is 0 Å². The highest BCUT2D eigenvalue weighted by atomic mass is 32.2. The second-order valence-electron chi connectivity index (χ2n) is 4.84. The third kappa shape index (κ3) is 3.98. The quantitative estimate of drug-likeness (QED) is 0.863. The molecule has 1 heterocycles. The molecule has 1 aromatic rings. The second-order valence-corrected chi connectivity index (χ2v) is 5.91. The van der Waals surface area contributed by atoms with Gasteiger partial charge in [-0.25, -0.2) is 9.97 Å². The van der Waals surface area contributed by atoms with E-state index in [1.165, 1.54) is 25.7 Å². The van der Waals surface area contributed by atoms with E-state index in [1.54, 1.807) is 13.2 Å². The second kappa shape index (κ2) is 6.96. The summed E-state index contributed by atoms with van der Waals surface area (Å²) in [5.74, 6) is 1.92. The molecule has 2 rings (SSSR count). The zero-order valence-electron chi connectivity index (χ0n) is 11.6. The van der Waals surface area contributed by atoms with Gasteiger partial charge >= 0.3 is 0 Å². The van der Waals surface area contributed by atoms with E-state index in [-0.39, 0.29) is 0 Å². The lowest BCUT2D eigenvalue weighted by Gasteiger charge is -2.31. The summed E-state index contributed by atoms with van der Waals surface area (Å²) in [5.41, 5.74) is 5.81. The van der Waals surface area contributed by atoms with Crippen LogP contribution in [0.4, 0.5) is 11.6 Å². The Morgan fingerprint density at radius 3 is 2.95 bits per heavy atom. The normalized spacial score (nSPS) is 23.3. The van der Waals surface area contributed by atoms with Gasteiger partial charge in [-0.1, -0.05) is 12.8 Å². The van der Waals surface area contributed by atoms with Gasteiger partial charge in [0.25, 0.3) is 0 Å². The first-order valence-electron chi connectivity index (χ1n) is 6.64. The molecule has 0 amide bonds. The molecule has 2 atom stereocenters. The van der Waals surface area contributed by atoms with E-state index in [0.29, 0.717) is 29.5 Å². The van der Waals surface area contributed by atoms with Crippen LogP contribution >= 0.6 is 11.8 Å². The zero-order valence-corrected chi connectivity index (χ0v) is 12.4. The SMILES string of the molecule is COCc1nc(N)cc(NC2CCCCC2SC)n1. The van der Waals surface area contributed by atoms with Gasteiger partial charge in [0.05, 0.1) is 0 Å². The van der Waals surface area contributed by atoms with Crippen LogP contribution in [0.3, 0.4) is 0 Å². The molecule has 0 spiro atoms. The van der Waals surface area contributed by atoms with Crippen molar-refractivity contribution in [2.75, 3.05) is 24.4 Å². The number of hydrogen-bond donors (Lipinski definition) is 2. The Balaban J connectivity index is 2.08. The van der Waals surface area contributed by atoms with Gasteiger partial charge < -0.3 is 15.8 Å². The van der Waals surface area contributed by atoms with Crippen molar-refractivity contribution in [3.05, 3.63) is 11.9 Å². The number of aromatic nitrogens is 2. The largest absolute Gasteiger partial charge is 0.384 e. The fourth-order valence-corrected chi connectivity index (χ4v) is 3.45. The summed E-state index contributed by atoms with van der Waals surface area (Å²) in [6, 6.07) is 2.26. The first kappa shape index (κ1) is 14.4. The van der Waals surface area contributed by atoms with Gasteiger partial charge in [0, 0.05) is 24.5 Å². The molecular weight excluding hydrogens is 260 g/mol. The first-order chi connectivity index (χ1) is 9.22. The lowest BCUT2D eigenvalue weighted by Crippen LogP contribution is -2.34. The van der Waals surface area contributed by atoms with Gasteiger partial charge in [-0.05, 0) is 19.1 Å². The molecule has 1 fully saturated rings. The number of nitrogens with zero attached hydrogens (tertiary/aromatic N) is 2. The number of nitrogen functional groups attached to an aromatic ring is 1. The molecule has 1 aromatic heterocycles. The van der Waals surface area contributed by atoms with Crippen LogP contribution in [0.5, 0.6) is 0 Å². The Hall–Kier alpha value is -1.01. The minimum Gasteiger partial charge on any atom is -0.384 e. The van der Waals surface area contributed by atoms with Crippen molar-refractivity contribution < 1.29 is 4.74 Å². The third-order valence-electron chi connectivity index (χ3n) is 3.40. The van der Waals surface area contributed by atoms with Gasteiger partial charge in [0.2, 0.25) is 0 Å². The molecule has 0 bridgehead atoms. The number of thioether (sulfide) groups is 1. The van der Waals surface area contributed by atoms with E-state index in [2.05, 4.69) is 21.5 Å². The Labute approximate surface area is 118 Å². The van der Waals surface area contributed by atoms with Gasteiger partial charge in [0.15, 0.2) is 5.82 Å². The Bertz CT molecular complexity index is 416. The summed E-state index contributed by atoms with van der Waals surface area (Å²) in [7, 11) is 1.63. The van der Waals surface area contributed by atoms with Crippen molar-refractivity contribution in [1.82, 2.24) is 9.97 Å². The van der Waals surface area contributed by atoms with Crippen LogP contribution in [0.1, 0.15) is 31.5 Å². The van der Waals surface area contributed by atoms with Crippen LogP contribution in [0, 0.1) is 0 Å². The maximum Gasteiger partial charge on any atom is 0.158 e. The van der Waals surface area contributed by atoms with E-state index in [9.17, 15) is 0 Å². The Morgan fingerprint density at radius 1 is 1.42 bits per heavy atom. The molecular formula is C13H22N4OS. The molecule has 0 aliphatic heterocycles.